The SMILES string of the molecule is CCCC/C=C/CC/C=C/CC/C=C/C(O)C(CO)NC(=O)CCCCCCCCCCCCCCCCCCCCC/C=C\CCCCCCCCCC. The van der Waals surface area contributed by atoms with Crippen molar-refractivity contribution in [2.45, 2.75) is 264 Å². The minimum absolute atomic E-state index is 0.0772. The van der Waals surface area contributed by atoms with Crippen molar-refractivity contribution in [1.82, 2.24) is 5.32 Å². The van der Waals surface area contributed by atoms with Crippen LogP contribution in [-0.2, 0) is 4.79 Å². The maximum absolute atomic E-state index is 12.4. The lowest BCUT2D eigenvalue weighted by molar-refractivity contribution is -0.123. The van der Waals surface area contributed by atoms with Gasteiger partial charge in [-0.1, -0.05) is 229 Å². The van der Waals surface area contributed by atoms with E-state index < -0.39 is 12.1 Å². The summed E-state index contributed by atoms with van der Waals surface area (Å²) in [5.74, 6) is -0.0772. The van der Waals surface area contributed by atoms with Gasteiger partial charge < -0.3 is 15.5 Å². The third-order valence-electron chi connectivity index (χ3n) is 11.0. The number of rotatable bonds is 44. The van der Waals surface area contributed by atoms with Gasteiger partial charge in [-0.3, -0.25) is 4.79 Å². The molecule has 2 atom stereocenters. The van der Waals surface area contributed by atoms with Crippen molar-refractivity contribution in [2.24, 2.45) is 0 Å². The van der Waals surface area contributed by atoms with Gasteiger partial charge in [0.25, 0.3) is 0 Å². The molecular formula is C51H95NO3. The van der Waals surface area contributed by atoms with E-state index in [0.717, 1.165) is 38.5 Å². The van der Waals surface area contributed by atoms with Crippen molar-refractivity contribution in [3.8, 4) is 0 Å². The fraction of sp³-hybridized carbons (Fsp3) is 0.824. The number of hydrogen-bond donors (Lipinski definition) is 3. The van der Waals surface area contributed by atoms with Crippen LogP contribution in [0.5, 0.6) is 0 Å². The van der Waals surface area contributed by atoms with Crippen LogP contribution in [-0.4, -0.2) is 34.9 Å². The van der Waals surface area contributed by atoms with E-state index in [-0.39, 0.29) is 12.5 Å². The Labute approximate surface area is 344 Å². The second-order valence-electron chi connectivity index (χ2n) is 16.5. The molecule has 55 heavy (non-hydrogen) atoms. The minimum Gasteiger partial charge on any atom is -0.394 e. The first-order chi connectivity index (χ1) is 27.2. The predicted octanol–water partition coefficient (Wildman–Crippen LogP) is 15.5. The Morgan fingerprint density at radius 2 is 0.727 bits per heavy atom. The zero-order valence-corrected chi connectivity index (χ0v) is 36.9. The van der Waals surface area contributed by atoms with Crippen molar-refractivity contribution in [3.05, 3.63) is 48.6 Å². The van der Waals surface area contributed by atoms with Gasteiger partial charge in [-0.2, -0.15) is 0 Å². The second kappa shape index (κ2) is 46.7. The van der Waals surface area contributed by atoms with E-state index >= 15 is 0 Å². The average molecular weight is 770 g/mol. The summed E-state index contributed by atoms with van der Waals surface area (Å²) < 4.78 is 0. The quantitative estimate of drug-likeness (QED) is 0.0427. The molecule has 4 nitrogen and oxygen atoms in total. The lowest BCUT2D eigenvalue weighted by Gasteiger charge is -2.19. The maximum atomic E-state index is 12.4. The molecule has 0 rings (SSSR count). The van der Waals surface area contributed by atoms with E-state index in [1.165, 1.54) is 193 Å². The summed E-state index contributed by atoms with van der Waals surface area (Å²) in [6.45, 7) is 4.25. The van der Waals surface area contributed by atoms with Crippen LogP contribution in [0.25, 0.3) is 0 Å². The molecule has 0 saturated carbocycles. The largest absolute Gasteiger partial charge is 0.394 e. The highest BCUT2D eigenvalue weighted by Gasteiger charge is 2.17. The summed E-state index contributed by atoms with van der Waals surface area (Å²) in [6, 6.07) is -0.643. The van der Waals surface area contributed by atoms with E-state index in [0.29, 0.717) is 6.42 Å². The van der Waals surface area contributed by atoms with Crippen LogP contribution < -0.4 is 5.32 Å². The van der Waals surface area contributed by atoms with Crippen LogP contribution in [0.2, 0.25) is 0 Å². The van der Waals surface area contributed by atoms with Crippen LogP contribution in [0, 0.1) is 0 Å². The van der Waals surface area contributed by atoms with Gasteiger partial charge in [0.15, 0.2) is 0 Å². The monoisotopic (exact) mass is 770 g/mol. The number of carbonyl (C=O) groups is 1. The van der Waals surface area contributed by atoms with Crippen molar-refractivity contribution in [1.29, 1.82) is 0 Å². The Bertz CT molecular complexity index is 877. The predicted molar refractivity (Wildman–Crippen MR) is 244 cm³/mol. The first-order valence-corrected chi connectivity index (χ1v) is 24.4. The number of amides is 1. The van der Waals surface area contributed by atoms with E-state index in [1.54, 1.807) is 6.08 Å². The minimum atomic E-state index is -0.868. The second-order valence-corrected chi connectivity index (χ2v) is 16.5. The molecule has 0 aliphatic rings. The molecule has 0 spiro atoms. The summed E-state index contributed by atoms with van der Waals surface area (Å²) in [5, 5.41) is 22.9. The van der Waals surface area contributed by atoms with Gasteiger partial charge in [-0.25, -0.2) is 0 Å². The first-order valence-electron chi connectivity index (χ1n) is 24.4. The van der Waals surface area contributed by atoms with E-state index in [2.05, 4.69) is 55.6 Å². The highest BCUT2D eigenvalue weighted by molar-refractivity contribution is 5.76. The van der Waals surface area contributed by atoms with Crippen LogP contribution in [0.15, 0.2) is 48.6 Å². The normalized spacial score (nSPS) is 13.3. The Balaban J connectivity index is 3.46. The number of aliphatic hydroxyl groups is 2. The molecule has 0 aromatic heterocycles. The van der Waals surface area contributed by atoms with Crippen molar-refractivity contribution >= 4 is 5.91 Å². The molecule has 322 valence electrons. The smallest absolute Gasteiger partial charge is 0.220 e. The highest BCUT2D eigenvalue weighted by Crippen LogP contribution is 2.16. The number of aliphatic hydroxyl groups excluding tert-OH is 2. The topological polar surface area (TPSA) is 69.6 Å². The third kappa shape index (κ3) is 43.3. The summed E-state index contributed by atoms with van der Waals surface area (Å²) >= 11 is 0. The number of nitrogens with one attached hydrogen (secondary N) is 1. The molecule has 0 aromatic rings. The van der Waals surface area contributed by atoms with Crippen LogP contribution in [0.4, 0.5) is 0 Å². The molecule has 3 N–H and O–H groups in total. The summed E-state index contributed by atoms with van der Waals surface area (Å²) in [7, 11) is 0. The Kier molecular flexibility index (Phi) is 45.3. The molecule has 0 aromatic carbocycles. The van der Waals surface area contributed by atoms with Gasteiger partial charge in [0.1, 0.15) is 0 Å². The molecule has 0 aliphatic heterocycles. The molecule has 0 saturated heterocycles. The lowest BCUT2D eigenvalue weighted by atomic mass is 10.0. The molecule has 0 aliphatic carbocycles. The van der Waals surface area contributed by atoms with E-state index in [1.807, 2.05) is 6.08 Å². The standard InChI is InChI=1S/C51H95NO3/c1-3-5-7-9-11-13-15-17-18-19-20-21-22-23-24-25-26-27-28-29-30-31-32-33-34-35-37-39-41-43-45-47-51(55)52-49(48-53)50(54)46-44-42-40-38-36-16-14-12-10-8-6-4-2/h10,12,19-20,36,38,44,46,49-50,53-54H,3-9,11,13-18,21-35,37,39-43,45,47-48H2,1-2H3,(H,52,55)/b12-10+,20-19-,38-36+,46-44+. The molecule has 1 amide bonds. The maximum Gasteiger partial charge on any atom is 0.220 e. The molecule has 0 fully saturated rings. The average Bonchev–Trinajstić information content (AvgIpc) is 3.19. The lowest BCUT2D eigenvalue weighted by Crippen LogP contribution is -2.45. The molecule has 4 heteroatoms. The van der Waals surface area contributed by atoms with Crippen molar-refractivity contribution < 1.29 is 15.0 Å². The number of hydrogen-bond acceptors (Lipinski definition) is 3. The Morgan fingerprint density at radius 3 is 1.11 bits per heavy atom. The first kappa shape index (κ1) is 53.4. The van der Waals surface area contributed by atoms with Gasteiger partial charge >= 0.3 is 0 Å². The zero-order valence-electron chi connectivity index (χ0n) is 36.9. The zero-order chi connectivity index (χ0) is 40.0. The molecule has 0 heterocycles. The van der Waals surface area contributed by atoms with Gasteiger partial charge in [-0.15, -0.1) is 0 Å². The molecule has 0 bridgehead atoms. The fourth-order valence-electron chi connectivity index (χ4n) is 7.25. The Hall–Kier alpha value is -1.65. The van der Waals surface area contributed by atoms with Crippen molar-refractivity contribution in [3.63, 3.8) is 0 Å². The van der Waals surface area contributed by atoms with Gasteiger partial charge in [0.2, 0.25) is 5.91 Å². The van der Waals surface area contributed by atoms with Crippen LogP contribution in [0.1, 0.15) is 251 Å². The third-order valence-corrected chi connectivity index (χ3v) is 11.0. The molecule has 0 radical (unpaired) electrons. The summed E-state index contributed by atoms with van der Waals surface area (Å²) in [6.07, 6.45) is 64.0. The van der Waals surface area contributed by atoms with Crippen LogP contribution in [0.3, 0.4) is 0 Å². The van der Waals surface area contributed by atoms with E-state index in [9.17, 15) is 15.0 Å². The fourth-order valence-corrected chi connectivity index (χ4v) is 7.25. The highest BCUT2D eigenvalue weighted by atomic mass is 16.3. The number of unbranched alkanes of at least 4 members (excludes halogenated alkanes) is 31. The number of carbonyl (C=O) groups excluding carboxylic acids is 1. The van der Waals surface area contributed by atoms with E-state index in [4.69, 9.17) is 0 Å². The summed E-state index contributed by atoms with van der Waals surface area (Å²) in [5.41, 5.74) is 0. The Morgan fingerprint density at radius 1 is 0.418 bits per heavy atom. The molecular weight excluding hydrogens is 675 g/mol. The van der Waals surface area contributed by atoms with Gasteiger partial charge in [0.05, 0.1) is 18.8 Å². The van der Waals surface area contributed by atoms with Gasteiger partial charge in [0, 0.05) is 6.42 Å². The van der Waals surface area contributed by atoms with Crippen molar-refractivity contribution in [2.75, 3.05) is 6.61 Å². The summed E-state index contributed by atoms with van der Waals surface area (Å²) in [4.78, 5) is 12.4. The van der Waals surface area contributed by atoms with Crippen LogP contribution >= 0.6 is 0 Å². The van der Waals surface area contributed by atoms with Gasteiger partial charge in [-0.05, 0) is 64.2 Å². The number of allylic oxidation sites excluding steroid dienone is 7. The molecule has 2 unspecified atom stereocenters.